The Kier molecular flexibility index (Phi) is 7.15. The number of rotatable bonds is 10. The monoisotopic (exact) mass is 479 g/mol. The first-order valence-electron chi connectivity index (χ1n) is 10.6. The maximum atomic E-state index is 12.5. The molecule has 0 saturated carbocycles. The molecule has 0 atom stereocenters. The van der Waals surface area contributed by atoms with Crippen LogP contribution in [0.2, 0.25) is 0 Å². The summed E-state index contributed by atoms with van der Waals surface area (Å²) in [5, 5.41) is 15.7. The Balaban J connectivity index is 1.42. The second-order valence-electron chi connectivity index (χ2n) is 7.24. The molecule has 0 unspecified atom stereocenters. The van der Waals surface area contributed by atoms with Gasteiger partial charge in [0.15, 0.2) is 23.0 Å². The topological polar surface area (TPSA) is 118 Å². The minimum atomic E-state index is -0.274. The molecule has 0 spiro atoms. The predicted molar refractivity (Wildman–Crippen MR) is 127 cm³/mol. The van der Waals surface area contributed by atoms with E-state index in [1.807, 2.05) is 6.07 Å². The standard InChI is InChI=1S/C24H25N5O6/c1-31-17-11-16(12-18(14-17)32-2)24(30)25-9-10-35-22-8-7-21-26-27-23(29(21)28-22)15-5-6-19(33-3)20(13-15)34-4/h5-8,11-14H,9-10H2,1-4H3,(H,25,30). The van der Waals surface area contributed by atoms with Crippen molar-refractivity contribution in [3.8, 4) is 40.3 Å². The lowest BCUT2D eigenvalue weighted by molar-refractivity contribution is 0.0945. The highest BCUT2D eigenvalue weighted by Gasteiger charge is 2.14. The Morgan fingerprint density at radius 3 is 2.29 bits per heavy atom. The molecule has 35 heavy (non-hydrogen) atoms. The SMILES string of the molecule is COc1cc(OC)cc(C(=O)NCCOc2ccc3nnc(-c4ccc(OC)c(OC)c4)n3n2)c1. The predicted octanol–water partition coefficient (Wildman–Crippen LogP) is 2.63. The van der Waals surface area contributed by atoms with Crippen LogP contribution in [-0.2, 0) is 0 Å². The van der Waals surface area contributed by atoms with Crippen LogP contribution in [0.5, 0.6) is 28.9 Å². The molecule has 1 N–H and O–H groups in total. The van der Waals surface area contributed by atoms with Crippen LogP contribution >= 0.6 is 0 Å². The molecule has 11 nitrogen and oxygen atoms in total. The van der Waals surface area contributed by atoms with E-state index in [0.717, 1.165) is 5.56 Å². The Labute approximate surface area is 201 Å². The minimum absolute atomic E-state index is 0.208. The number of carbonyl (C=O) groups is 1. The van der Waals surface area contributed by atoms with Gasteiger partial charge in [0.05, 0.1) is 35.0 Å². The number of fused-ring (bicyclic) bond motifs is 1. The summed E-state index contributed by atoms with van der Waals surface area (Å²) in [5.74, 6) is 2.84. The van der Waals surface area contributed by atoms with E-state index in [0.29, 0.717) is 45.9 Å². The van der Waals surface area contributed by atoms with Gasteiger partial charge in [-0.3, -0.25) is 4.79 Å². The van der Waals surface area contributed by atoms with Crippen LogP contribution in [0.1, 0.15) is 10.4 Å². The summed E-state index contributed by atoms with van der Waals surface area (Å²) in [7, 11) is 6.20. The molecule has 2 aromatic heterocycles. The number of amides is 1. The molecule has 2 aromatic carbocycles. The van der Waals surface area contributed by atoms with E-state index in [1.54, 1.807) is 61.2 Å². The molecule has 0 aliphatic carbocycles. The number of carbonyl (C=O) groups excluding carboxylic acids is 1. The lowest BCUT2D eigenvalue weighted by Gasteiger charge is -2.10. The summed E-state index contributed by atoms with van der Waals surface area (Å²) in [4.78, 5) is 12.5. The Morgan fingerprint density at radius 2 is 1.60 bits per heavy atom. The highest BCUT2D eigenvalue weighted by molar-refractivity contribution is 5.95. The van der Waals surface area contributed by atoms with E-state index < -0.39 is 0 Å². The van der Waals surface area contributed by atoms with Gasteiger partial charge in [-0.15, -0.1) is 15.3 Å². The largest absolute Gasteiger partial charge is 0.497 e. The van der Waals surface area contributed by atoms with Crippen molar-refractivity contribution in [2.45, 2.75) is 0 Å². The van der Waals surface area contributed by atoms with Gasteiger partial charge in [0, 0.05) is 23.3 Å². The lowest BCUT2D eigenvalue weighted by Crippen LogP contribution is -2.28. The van der Waals surface area contributed by atoms with Gasteiger partial charge < -0.3 is 29.0 Å². The van der Waals surface area contributed by atoms with Gasteiger partial charge in [-0.25, -0.2) is 0 Å². The highest BCUT2D eigenvalue weighted by atomic mass is 16.5. The number of benzene rings is 2. The zero-order valence-corrected chi connectivity index (χ0v) is 19.8. The summed E-state index contributed by atoms with van der Waals surface area (Å²) in [6.45, 7) is 0.474. The fourth-order valence-corrected chi connectivity index (χ4v) is 3.37. The van der Waals surface area contributed by atoms with Crippen molar-refractivity contribution in [2.75, 3.05) is 41.6 Å². The van der Waals surface area contributed by atoms with Crippen molar-refractivity contribution in [3.63, 3.8) is 0 Å². The smallest absolute Gasteiger partial charge is 0.251 e. The minimum Gasteiger partial charge on any atom is -0.497 e. The average Bonchev–Trinajstić information content (AvgIpc) is 3.33. The Morgan fingerprint density at radius 1 is 0.857 bits per heavy atom. The second kappa shape index (κ2) is 10.6. The number of nitrogens with zero attached hydrogens (tertiary/aromatic N) is 4. The number of ether oxygens (including phenoxy) is 5. The van der Waals surface area contributed by atoms with Crippen molar-refractivity contribution < 1.29 is 28.5 Å². The van der Waals surface area contributed by atoms with E-state index in [-0.39, 0.29) is 19.1 Å². The molecule has 4 rings (SSSR count). The molecule has 1 amide bonds. The van der Waals surface area contributed by atoms with Crippen molar-refractivity contribution in [1.82, 2.24) is 25.1 Å². The molecular formula is C24H25N5O6. The van der Waals surface area contributed by atoms with E-state index >= 15 is 0 Å². The number of methoxy groups -OCH3 is 4. The molecule has 2 heterocycles. The zero-order valence-electron chi connectivity index (χ0n) is 19.8. The summed E-state index contributed by atoms with van der Waals surface area (Å²) in [6.07, 6.45) is 0. The lowest BCUT2D eigenvalue weighted by atomic mass is 10.2. The number of nitrogens with one attached hydrogen (secondary N) is 1. The van der Waals surface area contributed by atoms with Gasteiger partial charge in [0.1, 0.15) is 18.1 Å². The van der Waals surface area contributed by atoms with E-state index in [9.17, 15) is 4.79 Å². The summed E-state index contributed by atoms with van der Waals surface area (Å²) >= 11 is 0. The molecule has 0 fully saturated rings. The first kappa shape index (κ1) is 23.6. The molecule has 0 saturated heterocycles. The molecule has 0 aliphatic rings. The van der Waals surface area contributed by atoms with Crippen molar-refractivity contribution >= 4 is 11.6 Å². The van der Waals surface area contributed by atoms with Crippen LogP contribution in [0.25, 0.3) is 17.0 Å². The zero-order chi connectivity index (χ0) is 24.8. The quantitative estimate of drug-likeness (QED) is 0.342. The van der Waals surface area contributed by atoms with Crippen molar-refractivity contribution in [1.29, 1.82) is 0 Å². The van der Waals surface area contributed by atoms with Crippen LogP contribution < -0.4 is 29.0 Å². The normalized spacial score (nSPS) is 10.6. The Hall–Kier alpha value is -4.54. The van der Waals surface area contributed by atoms with E-state index in [1.165, 1.54) is 14.2 Å². The first-order valence-corrected chi connectivity index (χ1v) is 10.6. The molecule has 182 valence electrons. The van der Waals surface area contributed by atoms with Gasteiger partial charge >= 0.3 is 0 Å². The fourth-order valence-electron chi connectivity index (χ4n) is 3.37. The van der Waals surface area contributed by atoms with Gasteiger partial charge in [-0.1, -0.05) is 0 Å². The second-order valence-corrected chi connectivity index (χ2v) is 7.24. The third-order valence-corrected chi connectivity index (χ3v) is 5.13. The van der Waals surface area contributed by atoms with Crippen LogP contribution in [0, 0.1) is 0 Å². The van der Waals surface area contributed by atoms with E-state index in [4.69, 9.17) is 23.7 Å². The molecule has 11 heteroatoms. The molecule has 0 bridgehead atoms. The highest BCUT2D eigenvalue weighted by Crippen LogP contribution is 2.31. The van der Waals surface area contributed by atoms with Crippen LogP contribution in [-0.4, -0.2) is 67.3 Å². The van der Waals surface area contributed by atoms with Gasteiger partial charge in [-0.05, 0) is 36.4 Å². The number of hydrogen-bond acceptors (Lipinski definition) is 9. The first-order chi connectivity index (χ1) is 17.1. The Bertz CT molecular complexity index is 1320. The molecule has 0 radical (unpaired) electrons. The maximum absolute atomic E-state index is 12.5. The molecule has 4 aromatic rings. The van der Waals surface area contributed by atoms with Crippen LogP contribution in [0.3, 0.4) is 0 Å². The number of aromatic nitrogens is 4. The third-order valence-electron chi connectivity index (χ3n) is 5.13. The van der Waals surface area contributed by atoms with Gasteiger partial charge in [0.25, 0.3) is 5.91 Å². The number of hydrogen-bond donors (Lipinski definition) is 1. The summed E-state index contributed by atoms with van der Waals surface area (Å²) in [5.41, 5.74) is 1.73. The average molecular weight is 479 g/mol. The third kappa shape index (κ3) is 5.18. The summed E-state index contributed by atoms with van der Waals surface area (Å²) in [6, 6.07) is 13.8. The molecular weight excluding hydrogens is 454 g/mol. The van der Waals surface area contributed by atoms with Crippen molar-refractivity contribution in [2.24, 2.45) is 0 Å². The maximum Gasteiger partial charge on any atom is 0.251 e. The van der Waals surface area contributed by atoms with Gasteiger partial charge in [0.2, 0.25) is 5.88 Å². The van der Waals surface area contributed by atoms with Crippen molar-refractivity contribution in [3.05, 3.63) is 54.1 Å². The van der Waals surface area contributed by atoms with Crippen LogP contribution in [0.15, 0.2) is 48.5 Å². The van der Waals surface area contributed by atoms with Gasteiger partial charge in [-0.2, -0.15) is 4.52 Å². The van der Waals surface area contributed by atoms with Crippen LogP contribution in [0.4, 0.5) is 0 Å². The fraction of sp³-hybridized carbons (Fsp3) is 0.250. The molecule has 0 aliphatic heterocycles. The summed E-state index contributed by atoms with van der Waals surface area (Å²) < 4.78 is 28.4. The van der Waals surface area contributed by atoms with E-state index in [2.05, 4.69) is 20.6 Å².